The first-order valence-corrected chi connectivity index (χ1v) is 10.8. The number of anilines is 2. The second kappa shape index (κ2) is 9.00. The monoisotopic (exact) mass is 417 g/mol. The van der Waals surface area contributed by atoms with Crippen LogP contribution in [0.1, 0.15) is 23.6 Å². The van der Waals surface area contributed by atoms with Gasteiger partial charge in [0.15, 0.2) is 0 Å². The van der Waals surface area contributed by atoms with Crippen LogP contribution < -0.4 is 10.9 Å². The van der Waals surface area contributed by atoms with Gasteiger partial charge in [0.2, 0.25) is 11.0 Å². The van der Waals surface area contributed by atoms with Crippen molar-refractivity contribution < 1.29 is 0 Å². The van der Waals surface area contributed by atoms with Crippen molar-refractivity contribution in [3.63, 3.8) is 0 Å². The lowest BCUT2D eigenvalue weighted by Gasteiger charge is -2.15. The minimum Gasteiger partial charge on any atom is -0.334 e. The number of hydrogen-bond acceptors (Lipinski definition) is 5. The number of hydrogen-bond donors (Lipinski definition) is 1. The van der Waals surface area contributed by atoms with Gasteiger partial charge in [-0.05, 0) is 42.7 Å². The molecule has 0 bridgehead atoms. The Kier molecular flexibility index (Phi) is 5.99. The Balaban J connectivity index is 1.69. The summed E-state index contributed by atoms with van der Waals surface area (Å²) in [4.78, 5) is 13.3. The predicted molar refractivity (Wildman–Crippen MR) is 121 cm³/mol. The first-order chi connectivity index (χ1) is 14.7. The van der Waals surface area contributed by atoms with Crippen LogP contribution in [-0.4, -0.2) is 19.5 Å². The molecule has 30 heavy (non-hydrogen) atoms. The zero-order valence-electron chi connectivity index (χ0n) is 16.9. The van der Waals surface area contributed by atoms with Gasteiger partial charge in [0.1, 0.15) is 0 Å². The minimum atomic E-state index is -0.251. The topological polar surface area (TPSA) is 64.7 Å². The van der Waals surface area contributed by atoms with E-state index in [-0.39, 0.29) is 11.4 Å². The summed E-state index contributed by atoms with van der Waals surface area (Å²) in [6.07, 6.45) is 4.50. The quantitative estimate of drug-likeness (QED) is 0.443. The second-order valence-electron chi connectivity index (χ2n) is 6.92. The number of benzene rings is 2. The molecule has 0 aliphatic heterocycles. The average Bonchev–Trinajstić information content (AvgIpc) is 3.28. The van der Waals surface area contributed by atoms with Crippen LogP contribution in [0.25, 0.3) is 0 Å². The summed E-state index contributed by atoms with van der Waals surface area (Å²) in [5, 5.41) is 12.3. The van der Waals surface area contributed by atoms with E-state index in [0.29, 0.717) is 10.9 Å². The Morgan fingerprint density at radius 3 is 2.57 bits per heavy atom. The third kappa shape index (κ3) is 4.31. The largest absolute Gasteiger partial charge is 0.334 e. The Labute approximate surface area is 179 Å². The zero-order chi connectivity index (χ0) is 20.9. The lowest BCUT2D eigenvalue weighted by molar-refractivity contribution is 0.533. The number of para-hydroxylation sites is 1. The molecule has 0 radical (unpaired) electrons. The van der Waals surface area contributed by atoms with E-state index in [4.69, 9.17) is 0 Å². The molecule has 2 aromatic heterocycles. The summed E-state index contributed by atoms with van der Waals surface area (Å²) in [5.41, 5.74) is 4.11. The van der Waals surface area contributed by atoms with Gasteiger partial charge in [-0.2, -0.15) is 4.68 Å². The maximum Gasteiger partial charge on any atom is 0.316 e. The summed E-state index contributed by atoms with van der Waals surface area (Å²) in [6, 6.07) is 20.0. The number of nitrogens with zero attached hydrogens (tertiary/aromatic N) is 4. The van der Waals surface area contributed by atoms with Gasteiger partial charge in [-0.25, -0.2) is 0 Å². The first kappa shape index (κ1) is 20.0. The SMILES string of the molecule is CCc1ccccc1Nc1nnc(SCc2cccc(C)c2)n(-n2cccc2)c1=O. The van der Waals surface area contributed by atoms with Gasteiger partial charge in [0.05, 0.1) is 0 Å². The van der Waals surface area contributed by atoms with Crippen LogP contribution in [0.15, 0.2) is 83.0 Å². The molecule has 0 saturated heterocycles. The first-order valence-electron chi connectivity index (χ1n) is 9.82. The molecule has 0 saturated carbocycles. The molecule has 4 aromatic rings. The number of thioether (sulfide) groups is 1. The molecular weight excluding hydrogens is 394 g/mol. The van der Waals surface area contributed by atoms with Gasteiger partial charge in [0.25, 0.3) is 0 Å². The zero-order valence-corrected chi connectivity index (χ0v) is 17.8. The highest BCUT2D eigenvalue weighted by Crippen LogP contribution is 2.22. The van der Waals surface area contributed by atoms with Crippen molar-refractivity contribution in [1.29, 1.82) is 0 Å². The van der Waals surface area contributed by atoms with E-state index in [0.717, 1.165) is 17.7 Å². The van der Waals surface area contributed by atoms with Crippen LogP contribution in [0.4, 0.5) is 11.5 Å². The van der Waals surface area contributed by atoms with Crippen molar-refractivity contribution in [2.24, 2.45) is 0 Å². The molecule has 1 N–H and O–H groups in total. The van der Waals surface area contributed by atoms with Gasteiger partial charge in [-0.3, -0.25) is 9.47 Å². The molecule has 6 nitrogen and oxygen atoms in total. The van der Waals surface area contributed by atoms with Crippen molar-refractivity contribution in [3.8, 4) is 0 Å². The van der Waals surface area contributed by atoms with Crippen LogP contribution in [0, 0.1) is 6.92 Å². The number of aromatic nitrogens is 4. The van der Waals surface area contributed by atoms with E-state index in [1.807, 2.05) is 54.9 Å². The van der Waals surface area contributed by atoms with E-state index in [1.165, 1.54) is 22.9 Å². The van der Waals surface area contributed by atoms with Crippen molar-refractivity contribution in [2.45, 2.75) is 31.2 Å². The average molecular weight is 418 g/mol. The maximum atomic E-state index is 13.3. The smallest absolute Gasteiger partial charge is 0.316 e. The van der Waals surface area contributed by atoms with E-state index < -0.39 is 0 Å². The maximum absolute atomic E-state index is 13.3. The highest BCUT2D eigenvalue weighted by molar-refractivity contribution is 7.98. The molecule has 152 valence electrons. The third-order valence-electron chi connectivity index (χ3n) is 4.73. The van der Waals surface area contributed by atoms with Gasteiger partial charge in [0, 0.05) is 23.8 Å². The fourth-order valence-corrected chi connectivity index (χ4v) is 4.10. The number of nitrogens with one attached hydrogen (secondary N) is 1. The van der Waals surface area contributed by atoms with Gasteiger partial charge >= 0.3 is 5.56 Å². The molecule has 0 spiro atoms. The van der Waals surface area contributed by atoms with Crippen molar-refractivity contribution in [2.75, 3.05) is 5.32 Å². The molecule has 2 aromatic carbocycles. The molecule has 0 amide bonds. The minimum absolute atomic E-state index is 0.199. The number of aryl methyl sites for hydroxylation is 2. The van der Waals surface area contributed by atoms with E-state index in [2.05, 4.69) is 47.6 Å². The van der Waals surface area contributed by atoms with Crippen LogP contribution in [0.2, 0.25) is 0 Å². The van der Waals surface area contributed by atoms with Crippen LogP contribution >= 0.6 is 11.8 Å². The Morgan fingerprint density at radius 1 is 1.00 bits per heavy atom. The third-order valence-corrected chi connectivity index (χ3v) is 5.72. The Morgan fingerprint density at radius 2 is 1.80 bits per heavy atom. The van der Waals surface area contributed by atoms with Gasteiger partial charge in [-0.15, -0.1) is 10.2 Å². The summed E-state index contributed by atoms with van der Waals surface area (Å²) >= 11 is 1.48. The lowest BCUT2D eigenvalue weighted by Crippen LogP contribution is -2.30. The standard InChI is InChI=1S/C23H23N5OS/c1-3-19-11-4-5-12-20(19)24-21-22(29)28(27-13-6-7-14-27)23(26-25-21)30-16-18-10-8-9-17(2)15-18/h4-15H,3,16H2,1-2H3,(H,24,25). The molecule has 0 aliphatic carbocycles. The highest BCUT2D eigenvalue weighted by atomic mass is 32.2. The molecule has 0 aliphatic rings. The van der Waals surface area contributed by atoms with E-state index in [1.54, 1.807) is 9.35 Å². The molecular formula is C23H23N5OS. The van der Waals surface area contributed by atoms with Gasteiger partial charge in [-0.1, -0.05) is 66.7 Å². The molecule has 2 heterocycles. The summed E-state index contributed by atoms with van der Waals surface area (Å²) in [7, 11) is 0. The van der Waals surface area contributed by atoms with Crippen LogP contribution in [0.5, 0.6) is 0 Å². The lowest BCUT2D eigenvalue weighted by atomic mass is 10.1. The highest BCUT2D eigenvalue weighted by Gasteiger charge is 2.15. The van der Waals surface area contributed by atoms with Crippen molar-refractivity contribution in [1.82, 2.24) is 19.5 Å². The molecule has 0 fully saturated rings. The molecule has 7 heteroatoms. The van der Waals surface area contributed by atoms with Crippen LogP contribution in [-0.2, 0) is 12.2 Å². The van der Waals surface area contributed by atoms with Crippen LogP contribution in [0.3, 0.4) is 0 Å². The molecule has 4 rings (SSSR count). The Hall–Kier alpha value is -3.32. The fraction of sp³-hybridized carbons (Fsp3) is 0.174. The van der Waals surface area contributed by atoms with E-state index in [9.17, 15) is 4.79 Å². The van der Waals surface area contributed by atoms with Crippen molar-refractivity contribution in [3.05, 3.63) is 100 Å². The van der Waals surface area contributed by atoms with Crippen molar-refractivity contribution >= 4 is 23.3 Å². The van der Waals surface area contributed by atoms with E-state index >= 15 is 0 Å². The molecule has 0 unspecified atom stereocenters. The fourth-order valence-electron chi connectivity index (χ4n) is 3.22. The summed E-state index contributed by atoms with van der Waals surface area (Å²) in [5.74, 6) is 0.896. The van der Waals surface area contributed by atoms with Gasteiger partial charge < -0.3 is 5.32 Å². The molecule has 0 atom stereocenters. The predicted octanol–water partition coefficient (Wildman–Crippen LogP) is 4.66. The number of rotatable bonds is 7. The Bertz CT molecular complexity index is 1200. The normalized spacial score (nSPS) is 10.9. The summed E-state index contributed by atoms with van der Waals surface area (Å²) < 4.78 is 3.27. The second-order valence-corrected chi connectivity index (χ2v) is 7.87. The summed E-state index contributed by atoms with van der Waals surface area (Å²) in [6.45, 7) is 4.15.